The van der Waals surface area contributed by atoms with E-state index in [0.29, 0.717) is 0 Å². The quantitative estimate of drug-likeness (QED) is 0.800. The molecule has 0 unspecified atom stereocenters. The normalized spacial score (nSPS) is 14.6. The highest BCUT2D eigenvalue weighted by molar-refractivity contribution is 7.80. The number of benzene rings is 1. The van der Waals surface area contributed by atoms with Crippen molar-refractivity contribution in [1.82, 2.24) is 4.90 Å². The molecule has 1 aliphatic heterocycles. The van der Waals surface area contributed by atoms with Crippen LogP contribution >= 0.6 is 12.2 Å². The Kier molecular flexibility index (Phi) is 3.81. The molecule has 1 aromatic rings. The Morgan fingerprint density at radius 2 is 2.06 bits per heavy atom. The lowest BCUT2D eigenvalue weighted by atomic mass is 10.1. The molecule has 0 aromatic heterocycles. The van der Waals surface area contributed by atoms with Gasteiger partial charge in [-0.2, -0.15) is 0 Å². The molecule has 1 amide bonds. The van der Waals surface area contributed by atoms with Crippen molar-refractivity contribution >= 4 is 28.9 Å². The summed E-state index contributed by atoms with van der Waals surface area (Å²) in [6.45, 7) is 3.61. The minimum atomic E-state index is 0.0941. The minimum absolute atomic E-state index is 0.0941. The third kappa shape index (κ3) is 2.61. The third-order valence-electron chi connectivity index (χ3n) is 3.22. The summed E-state index contributed by atoms with van der Waals surface area (Å²) >= 11 is 4.82. The average molecular weight is 263 g/mol. The highest BCUT2D eigenvalue weighted by Gasteiger charge is 2.21. The molecule has 0 aliphatic carbocycles. The Bertz CT molecular complexity index is 481. The predicted molar refractivity (Wildman–Crippen MR) is 76.7 cm³/mol. The smallest absolute Gasteiger partial charge is 0.254 e. The summed E-state index contributed by atoms with van der Waals surface area (Å²) in [5.41, 5.74) is 7.88. The Labute approximate surface area is 112 Å². The summed E-state index contributed by atoms with van der Waals surface area (Å²) in [6.07, 6.45) is 2.19. The maximum atomic E-state index is 12.3. The van der Waals surface area contributed by atoms with Crippen LogP contribution in [0.5, 0.6) is 0 Å². The first-order valence-corrected chi connectivity index (χ1v) is 6.46. The first kappa shape index (κ1) is 12.8. The molecule has 0 bridgehead atoms. The SMILES string of the molecule is Cc1c(NC(N)=S)cccc1C(=O)N1CCCC1. The van der Waals surface area contributed by atoms with E-state index in [9.17, 15) is 4.79 Å². The van der Waals surface area contributed by atoms with Crippen molar-refractivity contribution in [2.75, 3.05) is 18.4 Å². The number of nitrogens with one attached hydrogen (secondary N) is 1. The molecular weight excluding hydrogens is 246 g/mol. The number of amides is 1. The maximum absolute atomic E-state index is 12.3. The number of carbonyl (C=O) groups is 1. The molecule has 0 atom stereocenters. The number of nitrogens with two attached hydrogens (primary N) is 1. The zero-order chi connectivity index (χ0) is 13.1. The van der Waals surface area contributed by atoms with E-state index in [1.807, 2.05) is 30.0 Å². The number of hydrogen-bond donors (Lipinski definition) is 2. The fourth-order valence-electron chi connectivity index (χ4n) is 2.23. The standard InChI is InChI=1S/C13H17N3OS/c1-9-10(12(17)16-7-2-3-8-16)5-4-6-11(9)15-13(14)18/h4-6H,2-3,7-8H2,1H3,(H3,14,15,18). The minimum Gasteiger partial charge on any atom is -0.376 e. The monoisotopic (exact) mass is 263 g/mol. The van der Waals surface area contributed by atoms with Gasteiger partial charge in [-0.25, -0.2) is 0 Å². The molecule has 3 N–H and O–H groups in total. The lowest BCUT2D eigenvalue weighted by molar-refractivity contribution is 0.0792. The highest BCUT2D eigenvalue weighted by atomic mass is 32.1. The lowest BCUT2D eigenvalue weighted by Crippen LogP contribution is -2.28. The molecular formula is C13H17N3OS. The molecule has 0 radical (unpaired) electrons. The van der Waals surface area contributed by atoms with Crippen LogP contribution in [0, 0.1) is 6.92 Å². The fraction of sp³-hybridized carbons (Fsp3) is 0.385. The Balaban J connectivity index is 2.27. The van der Waals surface area contributed by atoms with Crippen molar-refractivity contribution in [2.24, 2.45) is 5.73 Å². The van der Waals surface area contributed by atoms with E-state index in [-0.39, 0.29) is 11.0 Å². The van der Waals surface area contributed by atoms with Gasteiger partial charge in [-0.1, -0.05) is 6.07 Å². The van der Waals surface area contributed by atoms with E-state index in [1.165, 1.54) is 0 Å². The second-order valence-electron chi connectivity index (χ2n) is 4.47. The molecule has 5 heteroatoms. The zero-order valence-corrected chi connectivity index (χ0v) is 11.2. The average Bonchev–Trinajstić information content (AvgIpc) is 2.84. The van der Waals surface area contributed by atoms with Crippen LogP contribution in [0.3, 0.4) is 0 Å². The van der Waals surface area contributed by atoms with E-state index in [1.54, 1.807) is 0 Å². The number of likely N-dealkylation sites (tertiary alicyclic amines) is 1. The van der Waals surface area contributed by atoms with Gasteiger partial charge in [0.15, 0.2) is 5.11 Å². The fourth-order valence-corrected chi connectivity index (χ4v) is 2.34. The van der Waals surface area contributed by atoms with Gasteiger partial charge in [0.05, 0.1) is 0 Å². The predicted octanol–water partition coefficient (Wildman–Crippen LogP) is 1.89. The lowest BCUT2D eigenvalue weighted by Gasteiger charge is -2.18. The van der Waals surface area contributed by atoms with Gasteiger partial charge in [0.1, 0.15) is 0 Å². The molecule has 0 saturated carbocycles. The van der Waals surface area contributed by atoms with Gasteiger partial charge in [0.2, 0.25) is 0 Å². The Morgan fingerprint density at radius 1 is 1.39 bits per heavy atom. The van der Waals surface area contributed by atoms with E-state index in [2.05, 4.69) is 5.32 Å². The van der Waals surface area contributed by atoms with Crippen LogP contribution < -0.4 is 11.1 Å². The Hall–Kier alpha value is -1.62. The second kappa shape index (κ2) is 5.35. The molecule has 2 rings (SSSR count). The van der Waals surface area contributed by atoms with Crippen molar-refractivity contribution in [3.05, 3.63) is 29.3 Å². The first-order valence-electron chi connectivity index (χ1n) is 6.05. The highest BCUT2D eigenvalue weighted by Crippen LogP contribution is 2.22. The van der Waals surface area contributed by atoms with Crippen molar-refractivity contribution in [3.8, 4) is 0 Å². The van der Waals surface area contributed by atoms with Crippen molar-refractivity contribution in [1.29, 1.82) is 0 Å². The molecule has 18 heavy (non-hydrogen) atoms. The molecule has 1 aliphatic rings. The van der Waals surface area contributed by atoms with Crippen LogP contribution in [0.15, 0.2) is 18.2 Å². The summed E-state index contributed by atoms with van der Waals surface area (Å²) in [7, 11) is 0. The van der Waals surface area contributed by atoms with E-state index in [0.717, 1.165) is 42.7 Å². The van der Waals surface area contributed by atoms with E-state index >= 15 is 0 Å². The van der Waals surface area contributed by atoms with Crippen LogP contribution in [-0.2, 0) is 0 Å². The number of thiocarbonyl (C=S) groups is 1. The van der Waals surface area contributed by atoms with Crippen LogP contribution in [0.2, 0.25) is 0 Å². The first-order chi connectivity index (χ1) is 8.59. The van der Waals surface area contributed by atoms with Gasteiger partial charge in [-0.05, 0) is 49.7 Å². The number of hydrogen-bond acceptors (Lipinski definition) is 2. The number of nitrogens with zero attached hydrogens (tertiary/aromatic N) is 1. The summed E-state index contributed by atoms with van der Waals surface area (Å²) < 4.78 is 0. The Morgan fingerprint density at radius 3 is 2.67 bits per heavy atom. The molecule has 1 aromatic carbocycles. The van der Waals surface area contributed by atoms with Crippen LogP contribution in [0.4, 0.5) is 5.69 Å². The molecule has 4 nitrogen and oxygen atoms in total. The molecule has 96 valence electrons. The van der Waals surface area contributed by atoms with Gasteiger partial charge in [0, 0.05) is 24.3 Å². The van der Waals surface area contributed by atoms with Crippen LogP contribution in [0.1, 0.15) is 28.8 Å². The van der Waals surface area contributed by atoms with E-state index in [4.69, 9.17) is 18.0 Å². The molecule has 1 fully saturated rings. The summed E-state index contributed by atoms with van der Waals surface area (Å²) in [6, 6.07) is 5.56. The van der Waals surface area contributed by atoms with Crippen molar-refractivity contribution in [3.63, 3.8) is 0 Å². The van der Waals surface area contributed by atoms with Crippen LogP contribution in [0.25, 0.3) is 0 Å². The van der Waals surface area contributed by atoms with E-state index < -0.39 is 0 Å². The number of anilines is 1. The third-order valence-corrected chi connectivity index (χ3v) is 3.32. The second-order valence-corrected chi connectivity index (χ2v) is 4.91. The molecule has 1 saturated heterocycles. The van der Waals surface area contributed by atoms with Crippen molar-refractivity contribution < 1.29 is 4.79 Å². The van der Waals surface area contributed by atoms with Gasteiger partial charge >= 0.3 is 0 Å². The summed E-state index contributed by atoms with van der Waals surface area (Å²) in [5, 5.41) is 3.11. The van der Waals surface area contributed by atoms with Crippen LogP contribution in [-0.4, -0.2) is 29.0 Å². The zero-order valence-electron chi connectivity index (χ0n) is 10.4. The van der Waals surface area contributed by atoms with Gasteiger partial charge < -0.3 is 16.0 Å². The van der Waals surface area contributed by atoms with Gasteiger partial charge in [-0.15, -0.1) is 0 Å². The summed E-state index contributed by atoms with van der Waals surface area (Å²) in [4.78, 5) is 14.2. The molecule has 1 heterocycles. The number of carbonyl (C=O) groups excluding carboxylic acids is 1. The number of rotatable bonds is 2. The molecule has 0 spiro atoms. The van der Waals surface area contributed by atoms with Crippen molar-refractivity contribution in [2.45, 2.75) is 19.8 Å². The van der Waals surface area contributed by atoms with Gasteiger partial charge in [-0.3, -0.25) is 4.79 Å². The van der Waals surface area contributed by atoms with Gasteiger partial charge in [0.25, 0.3) is 5.91 Å². The largest absolute Gasteiger partial charge is 0.376 e. The topological polar surface area (TPSA) is 58.4 Å². The maximum Gasteiger partial charge on any atom is 0.254 e. The summed E-state index contributed by atoms with van der Waals surface area (Å²) in [5.74, 6) is 0.0941.